The average molecular weight is 373 g/mol. The molecule has 0 radical (unpaired) electrons. The number of sulfone groups is 1. The Morgan fingerprint density at radius 3 is 2.58 bits per heavy atom. The van der Waals surface area contributed by atoms with E-state index in [1.807, 2.05) is 0 Å². The van der Waals surface area contributed by atoms with Gasteiger partial charge in [-0.05, 0) is 58.0 Å². The van der Waals surface area contributed by atoms with Gasteiger partial charge in [0.05, 0.1) is 10.6 Å². The second-order valence-electron chi connectivity index (χ2n) is 6.81. The monoisotopic (exact) mass is 372 g/mol. The number of rotatable bonds is 7. The van der Waals surface area contributed by atoms with Crippen molar-refractivity contribution in [3.8, 4) is 0 Å². The second kappa shape index (κ2) is 7.85. The van der Waals surface area contributed by atoms with Gasteiger partial charge in [0.25, 0.3) is 0 Å². The Morgan fingerprint density at radius 2 is 1.96 bits per heavy atom. The second-order valence-corrected chi connectivity index (χ2v) is 9.36. The first kappa shape index (κ1) is 19.2. The number of benzene rings is 1. The molecule has 0 bridgehead atoms. The lowest BCUT2D eigenvalue weighted by atomic mass is 10.0. The molecule has 0 aromatic heterocycles. The molecule has 1 aliphatic heterocycles. The summed E-state index contributed by atoms with van der Waals surface area (Å²) >= 11 is 5.83. The highest BCUT2D eigenvalue weighted by molar-refractivity contribution is 7.91. The van der Waals surface area contributed by atoms with Crippen LogP contribution in [0, 0.1) is 0 Å². The van der Waals surface area contributed by atoms with Crippen LogP contribution in [0.1, 0.15) is 33.1 Å². The van der Waals surface area contributed by atoms with Crippen molar-refractivity contribution in [2.45, 2.75) is 43.5 Å². The van der Waals surface area contributed by atoms with Gasteiger partial charge in [-0.2, -0.15) is 0 Å². The van der Waals surface area contributed by atoms with Crippen LogP contribution in [-0.4, -0.2) is 50.2 Å². The molecule has 0 aliphatic carbocycles. The predicted octanol–water partition coefficient (Wildman–Crippen LogP) is 2.49. The molecule has 1 aromatic carbocycles. The SMILES string of the molecule is CC(C)(CNC(=O)CCS(=O)(=O)c1cccc(Cl)c1)N1CCCC1. The van der Waals surface area contributed by atoms with Crippen LogP contribution < -0.4 is 5.32 Å². The minimum absolute atomic E-state index is 0.0507. The maximum absolute atomic E-state index is 12.3. The van der Waals surface area contributed by atoms with Crippen LogP contribution in [-0.2, 0) is 14.6 Å². The van der Waals surface area contributed by atoms with Gasteiger partial charge in [-0.15, -0.1) is 0 Å². The van der Waals surface area contributed by atoms with Crippen LogP contribution in [0.3, 0.4) is 0 Å². The molecule has 1 heterocycles. The van der Waals surface area contributed by atoms with E-state index in [4.69, 9.17) is 11.6 Å². The third kappa shape index (κ3) is 5.19. The molecule has 0 atom stereocenters. The molecule has 1 N–H and O–H groups in total. The lowest BCUT2D eigenvalue weighted by molar-refractivity contribution is -0.121. The predicted molar refractivity (Wildman–Crippen MR) is 96.0 cm³/mol. The molecule has 5 nitrogen and oxygen atoms in total. The van der Waals surface area contributed by atoms with Crippen molar-refractivity contribution in [2.75, 3.05) is 25.4 Å². The molecular weight excluding hydrogens is 348 g/mol. The fourth-order valence-corrected chi connectivity index (χ4v) is 4.38. The molecule has 0 saturated carbocycles. The van der Waals surface area contributed by atoms with Crippen molar-refractivity contribution in [3.05, 3.63) is 29.3 Å². The molecule has 1 saturated heterocycles. The van der Waals surface area contributed by atoms with Gasteiger partial charge in [-0.3, -0.25) is 9.69 Å². The van der Waals surface area contributed by atoms with Gasteiger partial charge in [-0.25, -0.2) is 8.42 Å². The molecule has 134 valence electrons. The Morgan fingerprint density at radius 1 is 1.29 bits per heavy atom. The van der Waals surface area contributed by atoms with Crippen molar-refractivity contribution in [1.29, 1.82) is 0 Å². The topological polar surface area (TPSA) is 66.5 Å². The number of amides is 1. The highest BCUT2D eigenvalue weighted by Gasteiger charge is 2.29. The van der Waals surface area contributed by atoms with Crippen LogP contribution >= 0.6 is 11.6 Å². The van der Waals surface area contributed by atoms with Crippen molar-refractivity contribution in [1.82, 2.24) is 10.2 Å². The summed E-state index contributed by atoms with van der Waals surface area (Å²) < 4.78 is 24.5. The van der Waals surface area contributed by atoms with Crippen LogP contribution in [0.4, 0.5) is 0 Å². The lowest BCUT2D eigenvalue weighted by Gasteiger charge is -2.35. The average Bonchev–Trinajstić information content (AvgIpc) is 3.06. The Bertz CT molecular complexity index is 683. The fraction of sp³-hybridized carbons (Fsp3) is 0.588. The van der Waals surface area contributed by atoms with Gasteiger partial charge in [0, 0.05) is 23.5 Å². The summed E-state index contributed by atoms with van der Waals surface area (Å²) in [4.78, 5) is 14.5. The number of nitrogens with one attached hydrogen (secondary N) is 1. The van der Waals surface area contributed by atoms with Gasteiger partial charge in [0.15, 0.2) is 9.84 Å². The summed E-state index contributed by atoms with van der Waals surface area (Å²) in [5.74, 6) is -0.462. The lowest BCUT2D eigenvalue weighted by Crippen LogP contribution is -2.50. The van der Waals surface area contributed by atoms with Crippen LogP contribution in [0.5, 0.6) is 0 Å². The summed E-state index contributed by atoms with van der Waals surface area (Å²) in [6, 6.07) is 6.11. The third-order valence-electron chi connectivity index (χ3n) is 4.43. The molecule has 7 heteroatoms. The summed E-state index contributed by atoms with van der Waals surface area (Å²) in [6.07, 6.45) is 2.33. The first-order valence-electron chi connectivity index (χ1n) is 8.21. The molecule has 0 spiro atoms. The molecule has 1 aliphatic rings. The standard InChI is InChI=1S/C17H25ClN2O3S/c1-17(2,20-9-3-4-10-20)13-19-16(21)8-11-24(22,23)15-7-5-6-14(18)12-15/h5-7,12H,3-4,8-11,13H2,1-2H3,(H,19,21). The van der Waals surface area contributed by atoms with Crippen molar-refractivity contribution >= 4 is 27.3 Å². The van der Waals surface area contributed by atoms with E-state index in [9.17, 15) is 13.2 Å². The largest absolute Gasteiger partial charge is 0.354 e. The van der Waals surface area contributed by atoms with Crippen molar-refractivity contribution < 1.29 is 13.2 Å². The van der Waals surface area contributed by atoms with E-state index < -0.39 is 9.84 Å². The zero-order valence-corrected chi connectivity index (χ0v) is 15.8. The molecule has 24 heavy (non-hydrogen) atoms. The Hall–Kier alpha value is -1.11. The smallest absolute Gasteiger partial charge is 0.221 e. The molecule has 1 amide bonds. The van der Waals surface area contributed by atoms with Crippen LogP contribution in [0.15, 0.2) is 29.2 Å². The van der Waals surface area contributed by atoms with Gasteiger partial charge >= 0.3 is 0 Å². The molecule has 1 aromatic rings. The summed E-state index contributed by atoms with van der Waals surface area (Å²) in [5.41, 5.74) is -0.113. The number of carbonyl (C=O) groups excluding carboxylic acids is 1. The fourth-order valence-electron chi connectivity index (χ4n) is 2.84. The Labute approximate surface area is 149 Å². The Kier molecular flexibility index (Phi) is 6.28. The van der Waals surface area contributed by atoms with Crippen LogP contribution in [0.25, 0.3) is 0 Å². The van der Waals surface area contributed by atoms with Gasteiger partial charge in [-0.1, -0.05) is 17.7 Å². The van der Waals surface area contributed by atoms with E-state index >= 15 is 0 Å². The first-order valence-corrected chi connectivity index (χ1v) is 10.2. The van der Waals surface area contributed by atoms with E-state index in [0.29, 0.717) is 11.6 Å². The molecular formula is C17H25ClN2O3S. The number of likely N-dealkylation sites (tertiary alicyclic amines) is 1. The van der Waals surface area contributed by atoms with E-state index in [0.717, 1.165) is 13.1 Å². The van der Waals surface area contributed by atoms with Crippen LogP contribution in [0.2, 0.25) is 5.02 Å². The zero-order valence-electron chi connectivity index (χ0n) is 14.2. The van der Waals surface area contributed by atoms with E-state index in [1.54, 1.807) is 12.1 Å². The highest BCUT2D eigenvalue weighted by Crippen LogP contribution is 2.20. The molecule has 2 rings (SSSR count). The normalized spacial score (nSPS) is 16.3. The molecule has 0 unspecified atom stereocenters. The number of hydrogen-bond donors (Lipinski definition) is 1. The van der Waals surface area contributed by atoms with E-state index in [1.165, 1.54) is 25.0 Å². The Balaban J connectivity index is 1.84. The van der Waals surface area contributed by atoms with Gasteiger partial charge < -0.3 is 5.32 Å². The molecule has 1 fully saturated rings. The van der Waals surface area contributed by atoms with E-state index in [-0.39, 0.29) is 28.5 Å². The first-order chi connectivity index (χ1) is 11.2. The summed E-state index contributed by atoms with van der Waals surface area (Å²) in [7, 11) is -3.50. The van der Waals surface area contributed by atoms with Gasteiger partial charge in [0.1, 0.15) is 0 Å². The van der Waals surface area contributed by atoms with Crippen molar-refractivity contribution in [3.63, 3.8) is 0 Å². The number of halogens is 1. The van der Waals surface area contributed by atoms with Crippen molar-refractivity contribution in [2.24, 2.45) is 0 Å². The third-order valence-corrected chi connectivity index (χ3v) is 6.38. The number of hydrogen-bond acceptors (Lipinski definition) is 4. The minimum Gasteiger partial charge on any atom is -0.354 e. The number of carbonyl (C=O) groups is 1. The number of nitrogens with zero attached hydrogens (tertiary/aromatic N) is 1. The van der Waals surface area contributed by atoms with E-state index in [2.05, 4.69) is 24.1 Å². The zero-order chi connectivity index (χ0) is 17.8. The highest BCUT2D eigenvalue weighted by atomic mass is 35.5. The maximum atomic E-state index is 12.3. The summed E-state index contributed by atoms with van der Waals surface area (Å²) in [6.45, 7) is 6.81. The minimum atomic E-state index is -3.50. The summed E-state index contributed by atoms with van der Waals surface area (Å²) in [5, 5.41) is 3.23. The van der Waals surface area contributed by atoms with Gasteiger partial charge in [0.2, 0.25) is 5.91 Å². The maximum Gasteiger partial charge on any atom is 0.221 e. The quantitative estimate of drug-likeness (QED) is 0.798.